The van der Waals surface area contributed by atoms with Crippen molar-refractivity contribution in [3.05, 3.63) is 12.2 Å². The van der Waals surface area contributed by atoms with Crippen LogP contribution in [-0.2, 0) is 18.3 Å². The van der Waals surface area contributed by atoms with Gasteiger partial charge in [-0.05, 0) is 6.42 Å². The highest BCUT2D eigenvalue weighted by Crippen LogP contribution is 1.90. The molecule has 96 valence electrons. The second-order valence-electron chi connectivity index (χ2n) is 3.42. The van der Waals surface area contributed by atoms with Gasteiger partial charge in [-0.25, -0.2) is 15.8 Å². The number of nitrogens with two attached hydrogens (primary N) is 1. The van der Waals surface area contributed by atoms with Crippen LogP contribution in [0.25, 0.3) is 0 Å². The van der Waals surface area contributed by atoms with E-state index in [1.807, 2.05) is 7.05 Å². The van der Waals surface area contributed by atoms with E-state index in [4.69, 9.17) is 10.6 Å². The fourth-order valence-corrected chi connectivity index (χ4v) is 1.18. The Bertz CT molecular complexity index is 349. The lowest BCUT2D eigenvalue weighted by molar-refractivity contribution is 0.195. The Kier molecular flexibility index (Phi) is 5.97. The van der Waals surface area contributed by atoms with Crippen molar-refractivity contribution in [2.24, 2.45) is 17.9 Å². The monoisotopic (exact) mass is 241 g/mol. The second kappa shape index (κ2) is 7.58. The summed E-state index contributed by atoms with van der Waals surface area (Å²) in [5, 5.41) is 7.16. The zero-order chi connectivity index (χ0) is 12.5. The summed E-state index contributed by atoms with van der Waals surface area (Å²) < 4.78 is 6.57. The Morgan fingerprint density at radius 1 is 1.65 bits per heavy atom. The number of guanidine groups is 1. The Labute approximate surface area is 100 Å². The molecule has 0 aliphatic rings. The number of hydrogen-bond donors (Lipinski definition) is 3. The van der Waals surface area contributed by atoms with Gasteiger partial charge in [0.1, 0.15) is 12.9 Å². The molecule has 8 heteroatoms. The van der Waals surface area contributed by atoms with Gasteiger partial charge in [0.15, 0.2) is 5.82 Å². The molecule has 0 bridgehead atoms. The summed E-state index contributed by atoms with van der Waals surface area (Å²) >= 11 is 0. The molecular weight excluding hydrogens is 222 g/mol. The van der Waals surface area contributed by atoms with Gasteiger partial charge in [-0.2, -0.15) is 5.10 Å². The molecule has 4 N–H and O–H groups in total. The van der Waals surface area contributed by atoms with E-state index >= 15 is 0 Å². The van der Waals surface area contributed by atoms with Crippen LogP contribution in [0.15, 0.2) is 11.3 Å². The van der Waals surface area contributed by atoms with Gasteiger partial charge in [-0.1, -0.05) is 0 Å². The summed E-state index contributed by atoms with van der Waals surface area (Å²) in [6, 6.07) is 0. The average Bonchev–Trinajstić information content (AvgIpc) is 2.74. The van der Waals surface area contributed by atoms with Crippen LogP contribution in [0.1, 0.15) is 12.2 Å². The second-order valence-corrected chi connectivity index (χ2v) is 3.42. The van der Waals surface area contributed by atoms with Crippen molar-refractivity contribution in [3.8, 4) is 0 Å². The Hall–Kier alpha value is -1.67. The molecule has 0 aliphatic carbocycles. The molecule has 1 aromatic rings. The number of nitrogens with one attached hydrogen (secondary N) is 2. The molecule has 0 atom stereocenters. The third kappa shape index (κ3) is 5.27. The largest absolute Gasteiger partial charge is 0.385 e. The molecule has 0 saturated carbocycles. The van der Waals surface area contributed by atoms with Gasteiger partial charge in [-0.15, -0.1) is 0 Å². The molecular formula is C9H19N7O. The lowest BCUT2D eigenvalue weighted by Crippen LogP contribution is -2.42. The Balaban J connectivity index is 2.33. The van der Waals surface area contributed by atoms with E-state index < -0.39 is 0 Å². The number of aliphatic imine (C=N–C) groups is 1. The number of nitrogens with zero attached hydrogens (tertiary/aromatic N) is 4. The van der Waals surface area contributed by atoms with Gasteiger partial charge in [0.05, 0.1) is 0 Å². The summed E-state index contributed by atoms with van der Waals surface area (Å²) in [5.41, 5.74) is 2.49. The predicted molar refractivity (Wildman–Crippen MR) is 64.0 cm³/mol. The standard InChI is InChI=1S/C9H19N7O/c1-16-7-13-8(15-16)6-12-9(14-10)11-4-3-5-17-2/h7H,3-6,10H2,1-2H3,(H2,11,12,14). The van der Waals surface area contributed by atoms with Crippen LogP contribution in [0.4, 0.5) is 0 Å². The number of methoxy groups -OCH3 is 1. The van der Waals surface area contributed by atoms with E-state index in [1.165, 1.54) is 0 Å². The van der Waals surface area contributed by atoms with Gasteiger partial charge < -0.3 is 10.1 Å². The molecule has 0 radical (unpaired) electrons. The maximum atomic E-state index is 5.34. The summed E-state index contributed by atoms with van der Waals surface area (Å²) in [6.07, 6.45) is 2.52. The highest BCUT2D eigenvalue weighted by Gasteiger charge is 1.99. The van der Waals surface area contributed by atoms with Gasteiger partial charge in [0.2, 0.25) is 5.96 Å². The zero-order valence-electron chi connectivity index (χ0n) is 10.2. The highest BCUT2D eigenvalue weighted by molar-refractivity contribution is 5.79. The number of aryl methyl sites for hydroxylation is 1. The minimum atomic E-state index is 0.387. The highest BCUT2D eigenvalue weighted by atomic mass is 16.5. The van der Waals surface area contributed by atoms with Crippen LogP contribution in [0.3, 0.4) is 0 Å². The molecule has 0 spiro atoms. The SMILES string of the molecule is COCCCNC(=NCc1ncn(C)n1)NN. The van der Waals surface area contributed by atoms with Gasteiger partial charge in [0, 0.05) is 27.3 Å². The predicted octanol–water partition coefficient (Wildman–Crippen LogP) is -1.24. The molecule has 0 aliphatic heterocycles. The van der Waals surface area contributed by atoms with E-state index in [0.29, 0.717) is 24.9 Å². The molecule has 0 amide bonds. The van der Waals surface area contributed by atoms with E-state index in [2.05, 4.69) is 25.8 Å². The summed E-state index contributed by atoms with van der Waals surface area (Å²) in [6.45, 7) is 1.83. The van der Waals surface area contributed by atoms with Crippen LogP contribution in [0.5, 0.6) is 0 Å². The topological polar surface area (TPSA) is 102 Å². The molecule has 1 rings (SSSR count). The van der Waals surface area contributed by atoms with Crippen LogP contribution in [0.2, 0.25) is 0 Å². The molecule has 8 nitrogen and oxygen atoms in total. The van der Waals surface area contributed by atoms with E-state index in [1.54, 1.807) is 18.1 Å². The van der Waals surface area contributed by atoms with Crippen LogP contribution >= 0.6 is 0 Å². The molecule has 1 aromatic heterocycles. The quantitative estimate of drug-likeness (QED) is 0.189. The van der Waals surface area contributed by atoms with Crippen LogP contribution < -0.4 is 16.6 Å². The van der Waals surface area contributed by atoms with Crippen molar-refractivity contribution < 1.29 is 4.74 Å². The maximum Gasteiger partial charge on any atom is 0.206 e. The zero-order valence-corrected chi connectivity index (χ0v) is 10.2. The lowest BCUT2D eigenvalue weighted by atomic mass is 10.4. The molecule has 0 fully saturated rings. The van der Waals surface area contributed by atoms with Crippen LogP contribution in [-0.4, -0.2) is 41.0 Å². The molecule has 1 heterocycles. The first-order valence-electron chi connectivity index (χ1n) is 5.34. The third-order valence-corrected chi connectivity index (χ3v) is 1.98. The van der Waals surface area contributed by atoms with Gasteiger partial charge >= 0.3 is 0 Å². The first-order valence-corrected chi connectivity index (χ1v) is 5.34. The normalized spacial score (nSPS) is 11.6. The Morgan fingerprint density at radius 3 is 3.06 bits per heavy atom. The van der Waals surface area contributed by atoms with Crippen molar-refractivity contribution in [3.63, 3.8) is 0 Å². The minimum absolute atomic E-state index is 0.387. The van der Waals surface area contributed by atoms with Crippen molar-refractivity contribution in [2.75, 3.05) is 20.3 Å². The molecule has 0 unspecified atom stereocenters. The summed E-state index contributed by atoms with van der Waals surface area (Å²) in [5.74, 6) is 6.51. The first kappa shape index (κ1) is 13.4. The van der Waals surface area contributed by atoms with Crippen molar-refractivity contribution in [2.45, 2.75) is 13.0 Å². The minimum Gasteiger partial charge on any atom is -0.385 e. The lowest BCUT2D eigenvalue weighted by Gasteiger charge is -2.07. The van der Waals surface area contributed by atoms with Crippen LogP contribution in [0, 0.1) is 0 Å². The average molecular weight is 241 g/mol. The molecule has 17 heavy (non-hydrogen) atoms. The maximum absolute atomic E-state index is 5.34. The van der Waals surface area contributed by atoms with Crippen molar-refractivity contribution in [1.82, 2.24) is 25.5 Å². The van der Waals surface area contributed by atoms with Gasteiger partial charge in [0.25, 0.3) is 0 Å². The Morgan fingerprint density at radius 2 is 2.47 bits per heavy atom. The van der Waals surface area contributed by atoms with Crippen molar-refractivity contribution >= 4 is 5.96 Å². The fourth-order valence-electron chi connectivity index (χ4n) is 1.18. The number of ether oxygens (including phenoxy) is 1. The smallest absolute Gasteiger partial charge is 0.206 e. The number of hydrogen-bond acceptors (Lipinski definition) is 5. The summed E-state index contributed by atoms with van der Waals surface area (Å²) in [4.78, 5) is 8.27. The number of rotatable bonds is 6. The van der Waals surface area contributed by atoms with E-state index in [9.17, 15) is 0 Å². The first-order chi connectivity index (χ1) is 8.26. The van der Waals surface area contributed by atoms with E-state index in [-0.39, 0.29) is 0 Å². The van der Waals surface area contributed by atoms with Gasteiger partial charge in [-0.3, -0.25) is 10.1 Å². The molecule has 0 saturated heterocycles. The third-order valence-electron chi connectivity index (χ3n) is 1.98. The number of aromatic nitrogens is 3. The number of hydrazine groups is 1. The molecule has 0 aromatic carbocycles. The fraction of sp³-hybridized carbons (Fsp3) is 0.667. The van der Waals surface area contributed by atoms with Crippen molar-refractivity contribution in [1.29, 1.82) is 0 Å². The van der Waals surface area contributed by atoms with E-state index in [0.717, 1.165) is 13.0 Å². The summed E-state index contributed by atoms with van der Waals surface area (Å²) in [7, 11) is 3.48.